The van der Waals surface area contributed by atoms with E-state index in [1.54, 1.807) is 24.3 Å². The van der Waals surface area contributed by atoms with E-state index in [4.69, 9.17) is 0 Å². The number of halogens is 1. The lowest BCUT2D eigenvalue weighted by Gasteiger charge is -2.20. The SMILES string of the molecule is C[C@@H](CCc1ccccc1)NC(=O)C[C@@H](c1cccc(F)c1)c1cn(Cc2ccccc2)c2ccc([N+](=O)[O-])cc12. The number of non-ortho nitro benzene ring substituents is 1. The number of rotatable bonds is 11. The number of nitro benzene ring substituents is 1. The lowest BCUT2D eigenvalue weighted by molar-refractivity contribution is -0.384. The van der Waals surface area contributed by atoms with Gasteiger partial charge in [0.2, 0.25) is 5.91 Å². The second-order valence-electron chi connectivity index (χ2n) is 10.5. The van der Waals surface area contributed by atoms with Crippen LogP contribution in [0.2, 0.25) is 0 Å². The molecule has 5 aromatic rings. The molecule has 0 aliphatic rings. The Morgan fingerprint density at radius 2 is 1.63 bits per heavy atom. The van der Waals surface area contributed by atoms with Crippen molar-refractivity contribution in [3.8, 4) is 0 Å². The number of nitrogens with zero attached hydrogens (tertiary/aromatic N) is 2. The van der Waals surface area contributed by atoms with E-state index in [1.807, 2.05) is 66.2 Å². The molecule has 4 aromatic carbocycles. The Morgan fingerprint density at radius 1 is 0.927 bits per heavy atom. The highest BCUT2D eigenvalue weighted by Crippen LogP contribution is 2.37. The van der Waals surface area contributed by atoms with Crippen molar-refractivity contribution < 1.29 is 14.1 Å². The zero-order chi connectivity index (χ0) is 28.8. The van der Waals surface area contributed by atoms with Gasteiger partial charge >= 0.3 is 0 Å². The molecule has 0 aliphatic heterocycles. The van der Waals surface area contributed by atoms with Crippen LogP contribution in [0, 0.1) is 15.9 Å². The van der Waals surface area contributed by atoms with Gasteiger partial charge in [-0.05, 0) is 60.2 Å². The van der Waals surface area contributed by atoms with Gasteiger partial charge in [-0.2, -0.15) is 0 Å². The van der Waals surface area contributed by atoms with Crippen LogP contribution in [-0.4, -0.2) is 21.4 Å². The van der Waals surface area contributed by atoms with E-state index in [9.17, 15) is 19.3 Å². The molecular formula is C34H32FN3O3. The van der Waals surface area contributed by atoms with Crippen LogP contribution in [0.15, 0.2) is 109 Å². The molecule has 0 spiro atoms. The fourth-order valence-electron chi connectivity index (χ4n) is 5.36. The summed E-state index contributed by atoms with van der Waals surface area (Å²) >= 11 is 0. The largest absolute Gasteiger partial charge is 0.354 e. The first-order valence-corrected chi connectivity index (χ1v) is 13.8. The first kappa shape index (κ1) is 27.8. The molecule has 2 atom stereocenters. The Hall–Kier alpha value is -4.78. The van der Waals surface area contributed by atoms with E-state index in [0.29, 0.717) is 17.5 Å². The summed E-state index contributed by atoms with van der Waals surface area (Å²) in [4.78, 5) is 24.7. The predicted molar refractivity (Wildman–Crippen MR) is 159 cm³/mol. The molecule has 7 heteroatoms. The standard InChI is InChI=1S/C34H32FN3O3/c1-24(15-16-25-9-4-2-5-10-25)36-34(39)21-30(27-13-8-14-28(35)19-27)32-23-37(22-26-11-6-3-7-12-26)33-18-17-29(38(40)41)20-31(32)33/h2-14,17-20,23-24,30H,15-16,21-22H2,1H3,(H,36,39)/t24-,30-/m0/s1. The number of nitrogens with one attached hydrogen (secondary N) is 1. The molecule has 5 rings (SSSR count). The number of hydrogen-bond acceptors (Lipinski definition) is 3. The van der Waals surface area contributed by atoms with Crippen LogP contribution in [0.25, 0.3) is 10.9 Å². The molecule has 0 saturated heterocycles. The van der Waals surface area contributed by atoms with Crippen molar-refractivity contribution in [2.75, 3.05) is 0 Å². The van der Waals surface area contributed by atoms with Crippen molar-refractivity contribution >= 4 is 22.5 Å². The van der Waals surface area contributed by atoms with Crippen LogP contribution in [0.1, 0.15) is 47.9 Å². The zero-order valence-electron chi connectivity index (χ0n) is 22.9. The third-order valence-electron chi connectivity index (χ3n) is 7.43. The van der Waals surface area contributed by atoms with Gasteiger partial charge in [0.25, 0.3) is 5.69 Å². The third kappa shape index (κ3) is 6.87. The fourth-order valence-corrected chi connectivity index (χ4v) is 5.36. The number of nitro groups is 1. The molecule has 0 unspecified atom stereocenters. The van der Waals surface area contributed by atoms with Crippen LogP contribution in [0.3, 0.4) is 0 Å². The predicted octanol–water partition coefficient (Wildman–Crippen LogP) is 7.40. The van der Waals surface area contributed by atoms with Crippen molar-refractivity contribution in [2.45, 2.75) is 44.7 Å². The molecule has 0 fully saturated rings. The van der Waals surface area contributed by atoms with E-state index in [0.717, 1.165) is 29.5 Å². The number of fused-ring (bicyclic) bond motifs is 1. The molecule has 0 radical (unpaired) electrons. The summed E-state index contributed by atoms with van der Waals surface area (Å²) in [5.41, 5.74) is 4.45. The van der Waals surface area contributed by atoms with Crippen molar-refractivity contribution in [2.24, 2.45) is 0 Å². The van der Waals surface area contributed by atoms with Gasteiger partial charge in [0.15, 0.2) is 0 Å². The molecule has 1 amide bonds. The Kier molecular flexibility index (Phi) is 8.53. The first-order chi connectivity index (χ1) is 19.9. The lowest BCUT2D eigenvalue weighted by atomic mass is 9.87. The van der Waals surface area contributed by atoms with Crippen LogP contribution in [0.5, 0.6) is 0 Å². The van der Waals surface area contributed by atoms with Gasteiger partial charge in [-0.15, -0.1) is 0 Å². The van der Waals surface area contributed by atoms with Gasteiger partial charge in [-0.1, -0.05) is 72.8 Å². The summed E-state index contributed by atoms with van der Waals surface area (Å²) in [6.45, 7) is 2.53. The Labute approximate surface area is 238 Å². The smallest absolute Gasteiger partial charge is 0.270 e. The molecule has 6 nitrogen and oxygen atoms in total. The molecule has 0 aliphatic carbocycles. The summed E-state index contributed by atoms with van der Waals surface area (Å²) in [6.07, 6.45) is 3.64. The molecular weight excluding hydrogens is 517 g/mol. The minimum Gasteiger partial charge on any atom is -0.354 e. The van der Waals surface area contributed by atoms with E-state index in [-0.39, 0.29) is 24.1 Å². The van der Waals surface area contributed by atoms with Crippen molar-refractivity contribution in [1.82, 2.24) is 9.88 Å². The Morgan fingerprint density at radius 3 is 2.32 bits per heavy atom. The third-order valence-corrected chi connectivity index (χ3v) is 7.43. The van der Waals surface area contributed by atoms with Gasteiger partial charge in [0.05, 0.1) is 4.92 Å². The average molecular weight is 550 g/mol. The average Bonchev–Trinajstić information content (AvgIpc) is 3.33. The molecule has 1 heterocycles. The summed E-state index contributed by atoms with van der Waals surface area (Å²) in [5.74, 6) is -1.06. The molecule has 1 aromatic heterocycles. The van der Waals surface area contributed by atoms with Crippen LogP contribution in [-0.2, 0) is 17.8 Å². The van der Waals surface area contributed by atoms with Gasteiger partial charge in [-0.25, -0.2) is 4.39 Å². The van der Waals surface area contributed by atoms with E-state index < -0.39 is 16.7 Å². The normalized spacial score (nSPS) is 12.6. The minimum absolute atomic E-state index is 0.0341. The highest BCUT2D eigenvalue weighted by atomic mass is 19.1. The summed E-state index contributed by atoms with van der Waals surface area (Å²) in [6, 6.07) is 31.0. The monoisotopic (exact) mass is 549 g/mol. The number of aromatic nitrogens is 1. The number of benzene rings is 4. The van der Waals surface area contributed by atoms with Gasteiger partial charge < -0.3 is 9.88 Å². The summed E-state index contributed by atoms with van der Waals surface area (Å²) in [7, 11) is 0. The highest BCUT2D eigenvalue weighted by Gasteiger charge is 2.25. The van der Waals surface area contributed by atoms with Crippen LogP contribution >= 0.6 is 0 Å². The quantitative estimate of drug-likeness (QED) is 0.138. The van der Waals surface area contributed by atoms with Crippen LogP contribution in [0.4, 0.5) is 10.1 Å². The van der Waals surface area contributed by atoms with Crippen molar-refractivity contribution in [3.05, 3.63) is 148 Å². The second-order valence-corrected chi connectivity index (χ2v) is 10.5. The maximum Gasteiger partial charge on any atom is 0.270 e. The molecule has 1 N–H and O–H groups in total. The van der Waals surface area contributed by atoms with E-state index >= 15 is 0 Å². The van der Waals surface area contributed by atoms with Crippen molar-refractivity contribution in [1.29, 1.82) is 0 Å². The number of hydrogen-bond donors (Lipinski definition) is 1. The van der Waals surface area contributed by atoms with Gasteiger partial charge in [0.1, 0.15) is 5.82 Å². The lowest BCUT2D eigenvalue weighted by Crippen LogP contribution is -2.33. The maximum atomic E-state index is 14.4. The fraction of sp³-hybridized carbons (Fsp3) is 0.206. The Balaban J connectivity index is 1.48. The van der Waals surface area contributed by atoms with Crippen molar-refractivity contribution in [3.63, 3.8) is 0 Å². The summed E-state index contributed by atoms with van der Waals surface area (Å²) < 4.78 is 16.5. The number of aryl methyl sites for hydroxylation is 1. The number of amides is 1. The van der Waals surface area contributed by atoms with Gasteiger partial charge in [0, 0.05) is 54.2 Å². The van der Waals surface area contributed by atoms with E-state index in [2.05, 4.69) is 17.4 Å². The summed E-state index contributed by atoms with van der Waals surface area (Å²) in [5, 5.41) is 15.5. The van der Waals surface area contributed by atoms with Gasteiger partial charge in [-0.3, -0.25) is 14.9 Å². The molecule has 208 valence electrons. The highest BCUT2D eigenvalue weighted by molar-refractivity contribution is 5.88. The molecule has 0 bridgehead atoms. The maximum absolute atomic E-state index is 14.4. The number of carbonyl (C=O) groups excluding carboxylic acids is 1. The Bertz CT molecular complexity index is 1650. The minimum atomic E-state index is -0.506. The molecule has 41 heavy (non-hydrogen) atoms. The molecule has 0 saturated carbocycles. The second kappa shape index (κ2) is 12.6. The van der Waals surface area contributed by atoms with E-state index in [1.165, 1.54) is 23.8 Å². The zero-order valence-corrected chi connectivity index (χ0v) is 22.9. The first-order valence-electron chi connectivity index (χ1n) is 13.8. The van der Waals surface area contributed by atoms with Crippen LogP contribution < -0.4 is 5.32 Å². The topological polar surface area (TPSA) is 77.2 Å². The number of carbonyl (C=O) groups is 1.